The molecule has 3 rings (SSSR count). The Morgan fingerprint density at radius 3 is 2.80 bits per heavy atom. The summed E-state index contributed by atoms with van der Waals surface area (Å²) in [5.41, 5.74) is 4.50. The van der Waals surface area contributed by atoms with E-state index in [2.05, 4.69) is 40.0 Å². The summed E-state index contributed by atoms with van der Waals surface area (Å²) in [5.74, 6) is 1.08. The smallest absolute Gasteiger partial charge is 0.122 e. The van der Waals surface area contributed by atoms with Crippen LogP contribution in [0.15, 0.2) is 30.6 Å². The minimum Gasteiger partial charge on any atom is -0.337 e. The molecule has 3 nitrogen and oxygen atoms in total. The van der Waals surface area contributed by atoms with Crippen molar-refractivity contribution in [3.8, 4) is 0 Å². The van der Waals surface area contributed by atoms with Crippen molar-refractivity contribution >= 4 is 0 Å². The largest absolute Gasteiger partial charge is 0.337 e. The first kappa shape index (κ1) is 13.4. The summed E-state index contributed by atoms with van der Waals surface area (Å²) in [7, 11) is 2.04. The zero-order valence-electron chi connectivity index (χ0n) is 12.4. The van der Waals surface area contributed by atoms with Gasteiger partial charge in [0.15, 0.2) is 0 Å². The molecule has 0 bridgehead atoms. The Hall–Kier alpha value is -1.61. The summed E-state index contributed by atoms with van der Waals surface area (Å²) in [5, 5.41) is 3.57. The standard InChI is InChI=1S/C17H23N3/c1-13(19-12-17-18-9-10-20(17)2)15-8-7-14-5-3-4-6-16(14)11-15/h7-11,13,19H,3-6,12H2,1-2H3. The van der Waals surface area contributed by atoms with Gasteiger partial charge < -0.3 is 9.88 Å². The number of rotatable bonds is 4. The summed E-state index contributed by atoms with van der Waals surface area (Å²) >= 11 is 0. The van der Waals surface area contributed by atoms with Crippen LogP contribution < -0.4 is 5.32 Å². The first-order chi connectivity index (χ1) is 9.74. The predicted octanol–water partition coefficient (Wildman–Crippen LogP) is 3.15. The summed E-state index contributed by atoms with van der Waals surface area (Å²) in [6.45, 7) is 3.04. The maximum absolute atomic E-state index is 4.35. The van der Waals surface area contributed by atoms with Gasteiger partial charge in [-0.2, -0.15) is 0 Å². The number of nitrogens with one attached hydrogen (secondary N) is 1. The molecule has 1 unspecified atom stereocenters. The fraction of sp³-hybridized carbons (Fsp3) is 0.471. The van der Waals surface area contributed by atoms with E-state index in [9.17, 15) is 0 Å². The molecule has 0 spiro atoms. The highest BCUT2D eigenvalue weighted by molar-refractivity contribution is 5.35. The first-order valence-corrected chi connectivity index (χ1v) is 7.55. The van der Waals surface area contributed by atoms with Crippen LogP contribution in [-0.4, -0.2) is 9.55 Å². The highest BCUT2D eigenvalue weighted by atomic mass is 15.1. The van der Waals surface area contributed by atoms with Crippen molar-refractivity contribution in [1.82, 2.24) is 14.9 Å². The fourth-order valence-corrected chi connectivity index (χ4v) is 2.95. The SMILES string of the molecule is CC(NCc1nccn1C)c1ccc2c(c1)CCCC2. The molecular weight excluding hydrogens is 246 g/mol. The predicted molar refractivity (Wildman–Crippen MR) is 81.5 cm³/mol. The van der Waals surface area contributed by atoms with Gasteiger partial charge in [0.1, 0.15) is 5.82 Å². The number of fused-ring (bicyclic) bond motifs is 1. The van der Waals surface area contributed by atoms with Gasteiger partial charge in [-0.25, -0.2) is 4.98 Å². The Bertz CT molecular complexity index is 586. The van der Waals surface area contributed by atoms with Gasteiger partial charge in [0.2, 0.25) is 0 Å². The Kier molecular flexibility index (Phi) is 3.88. The van der Waals surface area contributed by atoms with E-state index in [4.69, 9.17) is 0 Å². The van der Waals surface area contributed by atoms with E-state index >= 15 is 0 Å². The number of hydrogen-bond donors (Lipinski definition) is 1. The molecular formula is C17H23N3. The van der Waals surface area contributed by atoms with Crippen LogP contribution in [0.4, 0.5) is 0 Å². The van der Waals surface area contributed by atoms with Gasteiger partial charge in [-0.15, -0.1) is 0 Å². The van der Waals surface area contributed by atoms with Crippen molar-refractivity contribution in [2.45, 2.75) is 45.2 Å². The van der Waals surface area contributed by atoms with Gasteiger partial charge in [0, 0.05) is 25.5 Å². The van der Waals surface area contributed by atoms with Gasteiger partial charge >= 0.3 is 0 Å². The molecule has 1 aromatic heterocycles. The molecule has 2 aromatic rings. The third-order valence-corrected chi connectivity index (χ3v) is 4.36. The lowest BCUT2D eigenvalue weighted by Crippen LogP contribution is -2.20. The van der Waals surface area contributed by atoms with Crippen molar-refractivity contribution < 1.29 is 0 Å². The van der Waals surface area contributed by atoms with Crippen LogP contribution in [0.2, 0.25) is 0 Å². The molecule has 0 radical (unpaired) electrons. The lowest BCUT2D eigenvalue weighted by atomic mass is 9.89. The number of hydrogen-bond acceptors (Lipinski definition) is 2. The van der Waals surface area contributed by atoms with E-state index in [1.165, 1.54) is 31.2 Å². The van der Waals surface area contributed by atoms with Crippen LogP contribution >= 0.6 is 0 Å². The minimum atomic E-state index is 0.360. The summed E-state index contributed by atoms with van der Waals surface area (Å²) in [6, 6.07) is 7.35. The number of imidazole rings is 1. The number of aromatic nitrogens is 2. The molecule has 20 heavy (non-hydrogen) atoms. The molecule has 1 N–H and O–H groups in total. The van der Waals surface area contributed by atoms with Gasteiger partial charge in [0.25, 0.3) is 0 Å². The second-order valence-electron chi connectivity index (χ2n) is 5.79. The van der Waals surface area contributed by atoms with Crippen molar-refractivity contribution in [3.63, 3.8) is 0 Å². The zero-order valence-corrected chi connectivity index (χ0v) is 12.4. The second kappa shape index (κ2) is 5.80. The average molecular weight is 269 g/mol. The maximum Gasteiger partial charge on any atom is 0.122 e. The molecule has 3 heteroatoms. The van der Waals surface area contributed by atoms with Crippen LogP contribution in [0.25, 0.3) is 0 Å². The molecule has 106 valence electrons. The number of aryl methyl sites for hydroxylation is 3. The Morgan fingerprint density at radius 2 is 2.05 bits per heavy atom. The molecule has 0 fully saturated rings. The molecule has 1 heterocycles. The van der Waals surface area contributed by atoms with Crippen LogP contribution in [0, 0.1) is 0 Å². The van der Waals surface area contributed by atoms with Gasteiger partial charge in [0.05, 0.1) is 6.54 Å². The topological polar surface area (TPSA) is 29.9 Å². The van der Waals surface area contributed by atoms with E-state index in [-0.39, 0.29) is 0 Å². The third-order valence-electron chi connectivity index (χ3n) is 4.36. The lowest BCUT2D eigenvalue weighted by Gasteiger charge is -2.20. The van der Waals surface area contributed by atoms with Gasteiger partial charge in [-0.1, -0.05) is 18.2 Å². The van der Waals surface area contributed by atoms with Crippen molar-refractivity contribution in [3.05, 3.63) is 53.1 Å². The first-order valence-electron chi connectivity index (χ1n) is 7.55. The third kappa shape index (κ3) is 2.78. The van der Waals surface area contributed by atoms with E-state index in [1.54, 1.807) is 11.1 Å². The number of nitrogens with zero attached hydrogens (tertiary/aromatic N) is 2. The van der Waals surface area contributed by atoms with E-state index in [1.807, 2.05) is 19.4 Å². The quantitative estimate of drug-likeness (QED) is 0.924. The van der Waals surface area contributed by atoms with Crippen molar-refractivity contribution in [2.75, 3.05) is 0 Å². The molecule has 1 aromatic carbocycles. The fourth-order valence-electron chi connectivity index (χ4n) is 2.95. The van der Waals surface area contributed by atoms with E-state index in [0.29, 0.717) is 6.04 Å². The molecule has 0 amide bonds. The highest BCUT2D eigenvalue weighted by Crippen LogP contribution is 2.24. The Balaban J connectivity index is 1.67. The molecule has 1 aliphatic rings. The summed E-state index contributed by atoms with van der Waals surface area (Å²) in [6.07, 6.45) is 9.02. The molecule has 0 saturated heterocycles. The summed E-state index contributed by atoms with van der Waals surface area (Å²) in [4.78, 5) is 4.35. The summed E-state index contributed by atoms with van der Waals surface area (Å²) < 4.78 is 2.06. The second-order valence-corrected chi connectivity index (χ2v) is 5.79. The molecule has 0 saturated carbocycles. The van der Waals surface area contributed by atoms with Gasteiger partial charge in [-0.05, 0) is 49.3 Å². The monoisotopic (exact) mass is 269 g/mol. The lowest BCUT2D eigenvalue weighted by molar-refractivity contribution is 0.547. The Morgan fingerprint density at radius 1 is 1.25 bits per heavy atom. The Labute approximate surface area is 121 Å². The minimum absolute atomic E-state index is 0.360. The average Bonchev–Trinajstić information content (AvgIpc) is 2.89. The van der Waals surface area contributed by atoms with Crippen LogP contribution in [-0.2, 0) is 26.4 Å². The van der Waals surface area contributed by atoms with Crippen LogP contribution in [0.1, 0.15) is 48.3 Å². The van der Waals surface area contributed by atoms with Gasteiger partial charge in [-0.3, -0.25) is 0 Å². The van der Waals surface area contributed by atoms with E-state index in [0.717, 1.165) is 12.4 Å². The highest BCUT2D eigenvalue weighted by Gasteiger charge is 2.12. The molecule has 0 aliphatic heterocycles. The van der Waals surface area contributed by atoms with Crippen molar-refractivity contribution in [1.29, 1.82) is 0 Å². The van der Waals surface area contributed by atoms with Crippen LogP contribution in [0.3, 0.4) is 0 Å². The maximum atomic E-state index is 4.35. The van der Waals surface area contributed by atoms with Crippen molar-refractivity contribution in [2.24, 2.45) is 7.05 Å². The van der Waals surface area contributed by atoms with Crippen LogP contribution in [0.5, 0.6) is 0 Å². The molecule has 1 aliphatic carbocycles. The van der Waals surface area contributed by atoms with E-state index < -0.39 is 0 Å². The zero-order chi connectivity index (χ0) is 13.9. The molecule has 1 atom stereocenters. The normalized spacial score (nSPS) is 15.9. The number of benzene rings is 1.